The van der Waals surface area contributed by atoms with Crippen molar-refractivity contribution in [2.45, 2.75) is 33.6 Å². The Morgan fingerprint density at radius 3 is 2.35 bits per heavy atom. The molecule has 0 saturated carbocycles. The molecule has 0 saturated heterocycles. The molecule has 0 radical (unpaired) electrons. The molecule has 0 atom stereocenters. The van der Waals surface area contributed by atoms with Crippen molar-refractivity contribution in [3.05, 3.63) is 52.8 Å². The van der Waals surface area contributed by atoms with Crippen LogP contribution in [0.15, 0.2) is 30.3 Å². The minimum absolute atomic E-state index is 0.0902. The fourth-order valence-corrected chi connectivity index (χ4v) is 3.88. The van der Waals surface area contributed by atoms with Gasteiger partial charge in [0, 0.05) is 59.5 Å². The van der Waals surface area contributed by atoms with E-state index in [-0.39, 0.29) is 12.3 Å². The number of amides is 1. The summed E-state index contributed by atoms with van der Waals surface area (Å²) in [6.45, 7) is 7.66. The largest absolute Gasteiger partial charge is 0.354 e. The summed E-state index contributed by atoms with van der Waals surface area (Å²) in [5.41, 5.74) is 4.92. The van der Waals surface area contributed by atoms with Gasteiger partial charge in [0.1, 0.15) is 0 Å². The van der Waals surface area contributed by atoms with E-state index in [1.54, 1.807) is 17.0 Å². The van der Waals surface area contributed by atoms with Crippen molar-refractivity contribution in [2.75, 3.05) is 33.7 Å². The van der Waals surface area contributed by atoms with Crippen molar-refractivity contribution in [3.8, 4) is 11.3 Å². The fourth-order valence-electron chi connectivity index (χ4n) is 3.88. The standard InChI is InChI=1S/C24H30F2N4O/c1-6-30(10-9-29(4)5)24(31)17-7-8-21-19(13-17)20(14-22(25)26)23(28-21)18-11-15(2)27-16(3)12-18/h7-8,11-13,22,28H,6,9-10,14H2,1-5H3. The summed E-state index contributed by atoms with van der Waals surface area (Å²) in [6, 6.07) is 9.09. The number of benzene rings is 1. The van der Waals surface area contributed by atoms with Gasteiger partial charge in [-0.25, -0.2) is 8.78 Å². The summed E-state index contributed by atoms with van der Waals surface area (Å²) in [7, 11) is 3.93. The van der Waals surface area contributed by atoms with Gasteiger partial charge in [-0.05, 0) is 70.8 Å². The number of fused-ring (bicyclic) bond motifs is 1. The van der Waals surface area contributed by atoms with Crippen LogP contribution in [-0.4, -0.2) is 65.8 Å². The molecule has 3 rings (SSSR count). The number of aromatic nitrogens is 2. The second-order valence-electron chi connectivity index (χ2n) is 8.16. The van der Waals surface area contributed by atoms with Crippen LogP contribution in [0.25, 0.3) is 22.2 Å². The Morgan fingerprint density at radius 1 is 1.10 bits per heavy atom. The van der Waals surface area contributed by atoms with Gasteiger partial charge in [0.15, 0.2) is 0 Å². The number of carbonyl (C=O) groups is 1. The van der Waals surface area contributed by atoms with Crippen LogP contribution < -0.4 is 0 Å². The first-order valence-electron chi connectivity index (χ1n) is 10.5. The number of likely N-dealkylation sites (N-methyl/N-ethyl adjacent to an activating group) is 2. The summed E-state index contributed by atoms with van der Waals surface area (Å²) < 4.78 is 27.0. The Hall–Kier alpha value is -2.80. The zero-order valence-electron chi connectivity index (χ0n) is 18.8. The van der Waals surface area contributed by atoms with E-state index in [0.717, 1.165) is 29.0 Å². The van der Waals surface area contributed by atoms with Crippen LogP contribution in [0.4, 0.5) is 8.78 Å². The van der Waals surface area contributed by atoms with E-state index in [9.17, 15) is 13.6 Å². The second-order valence-corrected chi connectivity index (χ2v) is 8.16. The van der Waals surface area contributed by atoms with Crippen molar-refractivity contribution in [2.24, 2.45) is 0 Å². The molecule has 0 unspecified atom stereocenters. The van der Waals surface area contributed by atoms with Gasteiger partial charge in [0.2, 0.25) is 6.43 Å². The van der Waals surface area contributed by atoms with E-state index in [4.69, 9.17) is 0 Å². The molecular weight excluding hydrogens is 398 g/mol. The molecule has 1 N–H and O–H groups in total. The molecular formula is C24H30F2N4O. The molecule has 0 fully saturated rings. The monoisotopic (exact) mass is 428 g/mol. The fraction of sp³-hybridized carbons (Fsp3) is 0.417. The van der Waals surface area contributed by atoms with Crippen LogP contribution in [0.5, 0.6) is 0 Å². The van der Waals surface area contributed by atoms with E-state index in [2.05, 4.69) is 9.97 Å². The molecule has 0 aliphatic carbocycles. The molecule has 3 aromatic rings. The number of nitrogens with one attached hydrogen (secondary N) is 1. The number of aryl methyl sites for hydroxylation is 2. The molecule has 0 bridgehead atoms. The second kappa shape index (κ2) is 9.56. The third kappa shape index (κ3) is 5.28. The molecule has 7 heteroatoms. The molecule has 1 aromatic carbocycles. The Labute approximate surface area is 182 Å². The normalized spacial score (nSPS) is 11.6. The zero-order valence-corrected chi connectivity index (χ0v) is 18.8. The summed E-state index contributed by atoms with van der Waals surface area (Å²) in [5, 5.41) is 0.664. The van der Waals surface area contributed by atoms with Crippen molar-refractivity contribution in [3.63, 3.8) is 0 Å². The lowest BCUT2D eigenvalue weighted by atomic mass is 10.0. The van der Waals surface area contributed by atoms with Gasteiger partial charge in [0.25, 0.3) is 5.91 Å². The molecule has 166 valence electrons. The predicted octanol–water partition coefficient (Wildman–Crippen LogP) is 4.68. The van der Waals surface area contributed by atoms with Gasteiger partial charge in [-0.1, -0.05) is 0 Å². The number of hydrogen-bond donors (Lipinski definition) is 1. The van der Waals surface area contributed by atoms with Gasteiger partial charge in [-0.15, -0.1) is 0 Å². The molecule has 0 aliphatic heterocycles. The van der Waals surface area contributed by atoms with Gasteiger partial charge in [0.05, 0.1) is 5.69 Å². The zero-order chi connectivity index (χ0) is 22.7. The highest BCUT2D eigenvalue weighted by molar-refractivity contribution is 6.00. The molecule has 2 aromatic heterocycles. The maximum absolute atomic E-state index is 13.5. The molecule has 5 nitrogen and oxygen atoms in total. The number of H-pyrrole nitrogens is 1. The summed E-state index contributed by atoms with van der Waals surface area (Å²) in [4.78, 5) is 24.6. The lowest BCUT2D eigenvalue weighted by Gasteiger charge is -2.23. The topological polar surface area (TPSA) is 52.2 Å². The Balaban J connectivity index is 2.08. The maximum Gasteiger partial charge on any atom is 0.253 e. The SMILES string of the molecule is CCN(CCN(C)C)C(=O)c1ccc2[nH]c(-c3cc(C)nc(C)c3)c(CC(F)F)c2c1. The first-order chi connectivity index (χ1) is 14.7. The molecule has 2 heterocycles. The molecule has 31 heavy (non-hydrogen) atoms. The minimum atomic E-state index is -2.49. The Bertz CT molecular complexity index is 1050. The summed E-state index contributed by atoms with van der Waals surface area (Å²) in [6.07, 6.45) is -2.88. The van der Waals surface area contributed by atoms with Gasteiger partial charge in [-0.3, -0.25) is 9.78 Å². The lowest BCUT2D eigenvalue weighted by Crippen LogP contribution is -2.36. The van der Waals surface area contributed by atoms with Crippen LogP contribution in [0, 0.1) is 13.8 Å². The van der Waals surface area contributed by atoms with E-state index in [1.807, 2.05) is 58.0 Å². The number of rotatable bonds is 8. The van der Waals surface area contributed by atoms with Gasteiger partial charge in [-0.2, -0.15) is 0 Å². The van der Waals surface area contributed by atoms with Crippen LogP contribution in [0.2, 0.25) is 0 Å². The van der Waals surface area contributed by atoms with E-state index >= 15 is 0 Å². The number of aromatic amines is 1. The first-order valence-corrected chi connectivity index (χ1v) is 10.5. The van der Waals surface area contributed by atoms with Crippen LogP contribution in [0.3, 0.4) is 0 Å². The van der Waals surface area contributed by atoms with E-state index in [1.165, 1.54) is 0 Å². The van der Waals surface area contributed by atoms with Crippen molar-refractivity contribution in [1.29, 1.82) is 0 Å². The number of carbonyl (C=O) groups excluding carboxylic acids is 1. The van der Waals surface area contributed by atoms with E-state index < -0.39 is 6.43 Å². The Morgan fingerprint density at radius 2 is 1.77 bits per heavy atom. The first kappa shape index (κ1) is 22.9. The lowest BCUT2D eigenvalue weighted by molar-refractivity contribution is 0.0754. The number of nitrogens with zero attached hydrogens (tertiary/aromatic N) is 3. The average Bonchev–Trinajstić information content (AvgIpc) is 3.04. The van der Waals surface area contributed by atoms with Gasteiger partial charge < -0.3 is 14.8 Å². The predicted molar refractivity (Wildman–Crippen MR) is 121 cm³/mol. The van der Waals surface area contributed by atoms with E-state index in [0.29, 0.717) is 35.3 Å². The molecule has 0 aliphatic rings. The maximum atomic E-state index is 13.5. The Kier molecular flexibility index (Phi) is 7.05. The average molecular weight is 429 g/mol. The van der Waals surface area contributed by atoms with Crippen molar-refractivity contribution >= 4 is 16.8 Å². The highest BCUT2D eigenvalue weighted by atomic mass is 19.3. The third-order valence-electron chi connectivity index (χ3n) is 5.37. The summed E-state index contributed by atoms with van der Waals surface area (Å²) >= 11 is 0. The van der Waals surface area contributed by atoms with Crippen LogP contribution in [0.1, 0.15) is 34.2 Å². The quantitative estimate of drug-likeness (QED) is 0.567. The highest BCUT2D eigenvalue weighted by Gasteiger charge is 2.21. The van der Waals surface area contributed by atoms with Crippen LogP contribution >= 0.6 is 0 Å². The van der Waals surface area contributed by atoms with Crippen molar-refractivity contribution < 1.29 is 13.6 Å². The molecule has 1 amide bonds. The number of pyridine rings is 1. The summed E-state index contributed by atoms with van der Waals surface area (Å²) in [5.74, 6) is -0.0902. The number of hydrogen-bond acceptors (Lipinski definition) is 3. The van der Waals surface area contributed by atoms with Crippen molar-refractivity contribution in [1.82, 2.24) is 19.8 Å². The number of alkyl halides is 2. The highest BCUT2D eigenvalue weighted by Crippen LogP contribution is 2.33. The molecule has 0 spiro atoms. The minimum Gasteiger partial charge on any atom is -0.354 e. The smallest absolute Gasteiger partial charge is 0.253 e. The third-order valence-corrected chi connectivity index (χ3v) is 5.37. The number of halogens is 2. The van der Waals surface area contributed by atoms with Gasteiger partial charge >= 0.3 is 0 Å². The van der Waals surface area contributed by atoms with Crippen LogP contribution in [-0.2, 0) is 6.42 Å².